The summed E-state index contributed by atoms with van der Waals surface area (Å²) in [7, 11) is 0. The molecule has 2 atom stereocenters. The molecule has 2 aliphatic rings. The highest BCUT2D eigenvalue weighted by molar-refractivity contribution is 5.83. The maximum absolute atomic E-state index is 12.2. The highest BCUT2D eigenvalue weighted by atomic mass is 16.3. The van der Waals surface area contributed by atoms with Gasteiger partial charge in [-0.3, -0.25) is 4.79 Å². The lowest BCUT2D eigenvalue weighted by atomic mass is 9.87. The Bertz CT molecular complexity index is 748. The minimum Gasteiger partial charge on any atom is -0.461 e. The lowest BCUT2D eigenvalue weighted by Gasteiger charge is -2.18. The van der Waals surface area contributed by atoms with Gasteiger partial charge >= 0.3 is 0 Å². The number of furan rings is 1. The number of aliphatic hydroxyl groups is 1. The Labute approximate surface area is 147 Å². The zero-order chi connectivity index (χ0) is 17.2. The Balaban J connectivity index is 1.43. The zero-order valence-electron chi connectivity index (χ0n) is 14.5. The van der Waals surface area contributed by atoms with Crippen LogP contribution in [0.25, 0.3) is 11.0 Å². The van der Waals surface area contributed by atoms with Crippen LogP contribution < -0.4 is 10.6 Å². The molecule has 0 bridgehead atoms. The minimum absolute atomic E-state index is 0.139. The summed E-state index contributed by atoms with van der Waals surface area (Å²) in [4.78, 5) is 12.2. The number of benzene rings is 1. The van der Waals surface area contributed by atoms with Crippen molar-refractivity contribution >= 4 is 16.9 Å². The summed E-state index contributed by atoms with van der Waals surface area (Å²) in [5.74, 6) is 1.52. The predicted molar refractivity (Wildman–Crippen MR) is 96.3 cm³/mol. The number of carbonyl (C=O) groups excluding carboxylic acids is 1. The molecule has 2 aromatic rings. The molecule has 25 heavy (non-hydrogen) atoms. The van der Waals surface area contributed by atoms with E-state index < -0.39 is 12.1 Å². The van der Waals surface area contributed by atoms with Crippen molar-refractivity contribution in [1.82, 2.24) is 10.6 Å². The number of rotatable bonds is 4. The van der Waals surface area contributed by atoms with Gasteiger partial charge in [0, 0.05) is 17.8 Å². The van der Waals surface area contributed by atoms with Crippen molar-refractivity contribution in [2.24, 2.45) is 0 Å². The lowest BCUT2D eigenvalue weighted by molar-refractivity contribution is -0.124. The van der Waals surface area contributed by atoms with Gasteiger partial charge in [-0.2, -0.15) is 0 Å². The first kappa shape index (κ1) is 16.6. The van der Waals surface area contributed by atoms with Gasteiger partial charge in [-0.25, -0.2) is 0 Å². The van der Waals surface area contributed by atoms with Crippen LogP contribution in [-0.2, 0) is 11.3 Å². The van der Waals surface area contributed by atoms with E-state index in [1.54, 1.807) is 0 Å². The largest absolute Gasteiger partial charge is 0.461 e. The van der Waals surface area contributed by atoms with Crippen LogP contribution in [0.2, 0.25) is 0 Å². The summed E-state index contributed by atoms with van der Waals surface area (Å²) in [5.41, 5.74) is 1.97. The number of hydrogen-bond acceptors (Lipinski definition) is 4. The fourth-order valence-electron chi connectivity index (χ4n) is 4.07. The molecule has 2 fully saturated rings. The number of fused-ring (bicyclic) bond motifs is 1. The molecule has 5 nitrogen and oxygen atoms in total. The van der Waals surface area contributed by atoms with Gasteiger partial charge in [0.05, 0.1) is 6.10 Å². The summed E-state index contributed by atoms with van der Waals surface area (Å²) in [5, 5.41) is 16.8. The molecule has 1 aliphatic carbocycles. The molecule has 1 aromatic carbocycles. The lowest BCUT2D eigenvalue weighted by Crippen LogP contribution is -2.45. The normalized spacial score (nSPS) is 24.7. The molecular weight excluding hydrogens is 316 g/mol. The quantitative estimate of drug-likeness (QED) is 0.799. The Hall–Kier alpha value is -1.85. The van der Waals surface area contributed by atoms with Crippen molar-refractivity contribution in [2.75, 3.05) is 6.54 Å². The summed E-state index contributed by atoms with van der Waals surface area (Å²) in [6, 6.07) is 7.75. The van der Waals surface area contributed by atoms with E-state index in [1.807, 2.05) is 12.1 Å². The molecular formula is C20H26N2O3. The highest BCUT2D eigenvalue weighted by Crippen LogP contribution is 2.35. The third kappa shape index (κ3) is 3.58. The number of nitrogens with one attached hydrogen (secondary N) is 2. The third-order valence-corrected chi connectivity index (χ3v) is 5.55. The first-order valence-electron chi connectivity index (χ1n) is 9.42. The van der Waals surface area contributed by atoms with Gasteiger partial charge < -0.3 is 20.2 Å². The van der Waals surface area contributed by atoms with Crippen LogP contribution in [-0.4, -0.2) is 29.7 Å². The van der Waals surface area contributed by atoms with Gasteiger partial charge in [0.25, 0.3) is 0 Å². The van der Waals surface area contributed by atoms with Crippen LogP contribution in [0, 0.1) is 0 Å². The monoisotopic (exact) mass is 342 g/mol. The molecule has 3 N–H and O–H groups in total. The maximum Gasteiger partial charge on any atom is 0.240 e. The van der Waals surface area contributed by atoms with Crippen LogP contribution >= 0.6 is 0 Å². The van der Waals surface area contributed by atoms with E-state index in [1.165, 1.54) is 32.1 Å². The van der Waals surface area contributed by atoms with E-state index in [0.29, 0.717) is 25.4 Å². The molecule has 1 saturated carbocycles. The number of aliphatic hydroxyl groups excluding tert-OH is 1. The Morgan fingerprint density at radius 3 is 2.80 bits per heavy atom. The summed E-state index contributed by atoms with van der Waals surface area (Å²) >= 11 is 0. The van der Waals surface area contributed by atoms with Gasteiger partial charge in [0.1, 0.15) is 17.4 Å². The van der Waals surface area contributed by atoms with Gasteiger partial charge in [-0.05, 0) is 49.6 Å². The van der Waals surface area contributed by atoms with Crippen LogP contribution in [0.4, 0.5) is 0 Å². The average molecular weight is 342 g/mol. The first-order valence-corrected chi connectivity index (χ1v) is 9.42. The second kappa shape index (κ2) is 7.18. The summed E-state index contributed by atoms with van der Waals surface area (Å²) in [6.07, 6.45) is 6.40. The predicted octanol–water partition coefficient (Wildman–Crippen LogP) is 2.82. The van der Waals surface area contributed by atoms with Crippen molar-refractivity contribution in [3.05, 3.63) is 35.6 Å². The molecule has 0 radical (unpaired) electrons. The van der Waals surface area contributed by atoms with E-state index in [4.69, 9.17) is 4.42 Å². The first-order chi connectivity index (χ1) is 12.2. The number of hydrogen-bond donors (Lipinski definition) is 3. The molecule has 1 aromatic heterocycles. The second-order valence-corrected chi connectivity index (χ2v) is 7.36. The average Bonchev–Trinajstić information content (AvgIpc) is 3.26. The Kier molecular flexibility index (Phi) is 4.77. The molecule has 4 rings (SSSR count). The molecule has 1 aliphatic heterocycles. The number of amides is 1. The van der Waals surface area contributed by atoms with Gasteiger partial charge in [0.15, 0.2) is 0 Å². The molecule has 2 heterocycles. The van der Waals surface area contributed by atoms with E-state index in [-0.39, 0.29) is 5.91 Å². The molecule has 134 valence electrons. The fourth-order valence-corrected chi connectivity index (χ4v) is 4.07. The van der Waals surface area contributed by atoms with Crippen LogP contribution in [0.5, 0.6) is 0 Å². The third-order valence-electron chi connectivity index (χ3n) is 5.55. The summed E-state index contributed by atoms with van der Waals surface area (Å²) in [6.45, 7) is 1.15. The molecule has 5 heteroatoms. The summed E-state index contributed by atoms with van der Waals surface area (Å²) < 4.78 is 6.05. The SMILES string of the molecule is O=C(NCc1ccc2oc(C3CCCCC3)cc2c1)C1NCCC1O. The molecule has 2 unspecified atom stereocenters. The Morgan fingerprint density at radius 1 is 1.20 bits per heavy atom. The number of carbonyl (C=O) groups is 1. The second-order valence-electron chi connectivity index (χ2n) is 7.36. The van der Waals surface area contributed by atoms with Crippen LogP contribution in [0.3, 0.4) is 0 Å². The highest BCUT2D eigenvalue weighted by Gasteiger charge is 2.30. The van der Waals surface area contributed by atoms with E-state index in [2.05, 4.69) is 22.8 Å². The maximum atomic E-state index is 12.2. The Morgan fingerprint density at radius 2 is 2.04 bits per heavy atom. The van der Waals surface area contributed by atoms with Crippen molar-refractivity contribution in [3.63, 3.8) is 0 Å². The zero-order valence-corrected chi connectivity index (χ0v) is 14.5. The van der Waals surface area contributed by atoms with Crippen molar-refractivity contribution < 1.29 is 14.3 Å². The van der Waals surface area contributed by atoms with E-state index in [0.717, 1.165) is 22.3 Å². The van der Waals surface area contributed by atoms with Gasteiger partial charge in [-0.15, -0.1) is 0 Å². The smallest absolute Gasteiger partial charge is 0.240 e. The topological polar surface area (TPSA) is 74.5 Å². The van der Waals surface area contributed by atoms with Crippen LogP contribution in [0.15, 0.2) is 28.7 Å². The molecule has 0 spiro atoms. The van der Waals surface area contributed by atoms with Gasteiger partial charge in [-0.1, -0.05) is 25.3 Å². The molecule has 1 amide bonds. The van der Waals surface area contributed by atoms with Crippen LogP contribution in [0.1, 0.15) is 55.8 Å². The van der Waals surface area contributed by atoms with Crippen molar-refractivity contribution in [1.29, 1.82) is 0 Å². The van der Waals surface area contributed by atoms with Crippen molar-refractivity contribution in [2.45, 2.75) is 63.1 Å². The van der Waals surface area contributed by atoms with Crippen molar-refractivity contribution in [3.8, 4) is 0 Å². The molecule has 1 saturated heterocycles. The standard InChI is InChI=1S/C20H26N2O3/c23-16-8-9-21-19(16)20(24)22-12-13-6-7-17-15(10-13)11-18(25-17)14-4-2-1-3-5-14/h6-7,10-11,14,16,19,21,23H,1-5,8-9,12H2,(H,22,24). The fraction of sp³-hybridized carbons (Fsp3) is 0.550. The minimum atomic E-state index is -0.589. The van der Waals surface area contributed by atoms with E-state index in [9.17, 15) is 9.90 Å². The van der Waals surface area contributed by atoms with Gasteiger partial charge in [0.2, 0.25) is 5.91 Å². The van der Waals surface area contributed by atoms with E-state index >= 15 is 0 Å².